The number of carbonyl (C=O) groups excluding carboxylic acids is 1. The number of thiophene rings is 2. The summed E-state index contributed by atoms with van der Waals surface area (Å²) in [6.07, 6.45) is 7.05. The van der Waals surface area contributed by atoms with Gasteiger partial charge in [-0.05, 0) is 73.5 Å². The van der Waals surface area contributed by atoms with Crippen LogP contribution in [0.4, 0.5) is 0 Å². The lowest BCUT2D eigenvalue weighted by atomic mass is 10.1. The molecule has 0 aliphatic rings. The van der Waals surface area contributed by atoms with Gasteiger partial charge in [0.25, 0.3) is 0 Å². The normalized spacial score (nSPS) is 11.5. The van der Waals surface area contributed by atoms with Crippen molar-refractivity contribution in [3.05, 3.63) is 106 Å². The fourth-order valence-corrected chi connectivity index (χ4v) is 4.85. The average molecular weight is 427 g/mol. The van der Waals surface area contributed by atoms with E-state index in [9.17, 15) is 4.79 Å². The highest BCUT2D eigenvalue weighted by Crippen LogP contribution is 2.30. The summed E-state index contributed by atoms with van der Waals surface area (Å²) in [4.78, 5) is 16.8. The Morgan fingerprint density at radius 1 is 0.600 bits per heavy atom. The molecular weight excluding hydrogens is 404 g/mol. The molecule has 0 atom stereocenters. The Morgan fingerprint density at radius 3 is 1.40 bits per heavy atom. The molecule has 3 heteroatoms. The summed E-state index contributed by atoms with van der Waals surface area (Å²) in [6, 6.07) is 25.3. The summed E-state index contributed by atoms with van der Waals surface area (Å²) in [6.45, 7) is 4.18. The SMILES string of the molecule is Cc1ccc(-c2ccc(C=CC(=O)C=Cc3ccc(-c4ccc(C)cc4)s3)s2)cc1. The third kappa shape index (κ3) is 5.12. The molecule has 0 fully saturated rings. The number of hydrogen-bond donors (Lipinski definition) is 0. The van der Waals surface area contributed by atoms with E-state index in [1.165, 1.54) is 32.0 Å². The molecule has 30 heavy (non-hydrogen) atoms. The first kappa shape index (κ1) is 20.3. The van der Waals surface area contributed by atoms with Crippen molar-refractivity contribution in [2.75, 3.05) is 0 Å². The van der Waals surface area contributed by atoms with Crippen LogP contribution < -0.4 is 0 Å². The van der Waals surface area contributed by atoms with Gasteiger partial charge in [0, 0.05) is 19.5 Å². The molecule has 0 radical (unpaired) electrons. The molecule has 0 spiro atoms. The van der Waals surface area contributed by atoms with E-state index in [4.69, 9.17) is 0 Å². The second kappa shape index (κ2) is 9.21. The minimum absolute atomic E-state index is 0.00873. The van der Waals surface area contributed by atoms with Gasteiger partial charge in [-0.25, -0.2) is 0 Å². The van der Waals surface area contributed by atoms with Crippen LogP contribution in [-0.2, 0) is 4.79 Å². The molecule has 4 rings (SSSR count). The van der Waals surface area contributed by atoms with Crippen molar-refractivity contribution in [2.24, 2.45) is 0 Å². The Balaban J connectivity index is 1.39. The number of benzene rings is 2. The van der Waals surface area contributed by atoms with Gasteiger partial charge in [0.15, 0.2) is 5.78 Å². The van der Waals surface area contributed by atoms with Crippen LogP contribution in [0.25, 0.3) is 33.0 Å². The van der Waals surface area contributed by atoms with Crippen molar-refractivity contribution >= 4 is 40.6 Å². The fraction of sp³-hybridized carbons (Fsp3) is 0.0741. The van der Waals surface area contributed by atoms with Gasteiger partial charge in [0.2, 0.25) is 0 Å². The molecule has 2 heterocycles. The second-order valence-corrected chi connectivity index (χ2v) is 9.44. The molecule has 0 bridgehead atoms. The number of aryl methyl sites for hydroxylation is 2. The molecule has 2 aromatic carbocycles. The zero-order valence-electron chi connectivity index (χ0n) is 17.0. The van der Waals surface area contributed by atoms with Crippen LogP contribution in [-0.4, -0.2) is 5.78 Å². The smallest absolute Gasteiger partial charge is 0.178 e. The van der Waals surface area contributed by atoms with E-state index < -0.39 is 0 Å². The van der Waals surface area contributed by atoms with Crippen LogP contribution in [0.15, 0.2) is 84.9 Å². The third-order valence-corrected chi connectivity index (χ3v) is 6.95. The van der Waals surface area contributed by atoms with Crippen molar-refractivity contribution in [1.82, 2.24) is 0 Å². The maximum atomic E-state index is 12.3. The van der Waals surface area contributed by atoms with Gasteiger partial charge in [-0.2, -0.15) is 0 Å². The van der Waals surface area contributed by atoms with Gasteiger partial charge >= 0.3 is 0 Å². The van der Waals surface area contributed by atoms with Gasteiger partial charge in [-0.1, -0.05) is 59.7 Å². The highest BCUT2D eigenvalue weighted by Gasteiger charge is 2.03. The highest BCUT2D eigenvalue weighted by molar-refractivity contribution is 7.16. The van der Waals surface area contributed by atoms with Crippen molar-refractivity contribution in [1.29, 1.82) is 0 Å². The maximum Gasteiger partial charge on any atom is 0.178 e. The van der Waals surface area contributed by atoms with E-state index in [1.54, 1.807) is 34.8 Å². The molecule has 0 aliphatic carbocycles. The van der Waals surface area contributed by atoms with Crippen LogP contribution >= 0.6 is 22.7 Å². The highest BCUT2D eigenvalue weighted by atomic mass is 32.1. The van der Waals surface area contributed by atoms with Crippen molar-refractivity contribution in [2.45, 2.75) is 13.8 Å². The molecule has 0 N–H and O–H groups in total. The summed E-state index contributed by atoms with van der Waals surface area (Å²) in [7, 11) is 0. The second-order valence-electron chi connectivity index (χ2n) is 7.21. The Bertz CT molecular complexity index is 1110. The van der Waals surface area contributed by atoms with Crippen LogP contribution in [0.3, 0.4) is 0 Å². The lowest BCUT2D eigenvalue weighted by Crippen LogP contribution is -1.83. The topological polar surface area (TPSA) is 17.1 Å². The summed E-state index contributed by atoms with van der Waals surface area (Å²) in [5.74, 6) is -0.00873. The standard InChI is InChI=1S/C27H22OS2/c1-19-3-7-21(8-4-19)26-17-15-24(29-26)13-11-23(28)12-14-25-16-18-27(30-25)22-9-5-20(2)6-10-22/h3-18H,1-2H3. The van der Waals surface area contributed by atoms with Gasteiger partial charge < -0.3 is 0 Å². The predicted molar refractivity (Wildman–Crippen MR) is 132 cm³/mol. The predicted octanol–water partition coefficient (Wildman–Crippen LogP) is 8.06. The average Bonchev–Trinajstić information content (AvgIpc) is 3.42. The van der Waals surface area contributed by atoms with Crippen molar-refractivity contribution < 1.29 is 4.79 Å². The first-order valence-corrected chi connectivity index (χ1v) is 11.4. The third-order valence-electron chi connectivity index (χ3n) is 4.75. The van der Waals surface area contributed by atoms with E-state index in [2.05, 4.69) is 86.6 Å². The Hall–Kier alpha value is -3.01. The molecular formula is C27H22OS2. The van der Waals surface area contributed by atoms with Crippen LogP contribution in [0.1, 0.15) is 20.9 Å². The van der Waals surface area contributed by atoms with Gasteiger partial charge in [0.05, 0.1) is 0 Å². The summed E-state index contributed by atoms with van der Waals surface area (Å²) < 4.78 is 0. The maximum absolute atomic E-state index is 12.3. The minimum Gasteiger partial charge on any atom is -0.290 e. The zero-order chi connectivity index (χ0) is 20.9. The largest absolute Gasteiger partial charge is 0.290 e. The Labute approximate surface area is 185 Å². The van der Waals surface area contributed by atoms with E-state index in [0.29, 0.717) is 0 Å². The van der Waals surface area contributed by atoms with E-state index in [-0.39, 0.29) is 5.78 Å². The van der Waals surface area contributed by atoms with Gasteiger partial charge in [0.1, 0.15) is 0 Å². The molecule has 2 aromatic heterocycles. The summed E-state index contributed by atoms with van der Waals surface area (Å²) in [5.41, 5.74) is 4.92. The van der Waals surface area contributed by atoms with Crippen LogP contribution in [0.2, 0.25) is 0 Å². The number of carbonyl (C=O) groups is 1. The van der Waals surface area contributed by atoms with Crippen molar-refractivity contribution in [3.63, 3.8) is 0 Å². The molecule has 0 amide bonds. The Morgan fingerprint density at radius 2 is 1.00 bits per heavy atom. The zero-order valence-corrected chi connectivity index (χ0v) is 18.6. The first-order valence-electron chi connectivity index (χ1n) is 9.81. The monoisotopic (exact) mass is 426 g/mol. The first-order chi connectivity index (χ1) is 14.6. The molecule has 0 aliphatic heterocycles. The lowest BCUT2D eigenvalue weighted by molar-refractivity contribution is -0.110. The molecule has 1 nitrogen and oxygen atoms in total. The number of ketones is 1. The van der Waals surface area contributed by atoms with Gasteiger partial charge in [-0.3, -0.25) is 4.79 Å². The van der Waals surface area contributed by atoms with E-state index in [1.807, 2.05) is 12.2 Å². The number of hydrogen-bond acceptors (Lipinski definition) is 3. The molecule has 0 unspecified atom stereocenters. The van der Waals surface area contributed by atoms with E-state index in [0.717, 1.165) is 9.75 Å². The summed E-state index contributed by atoms with van der Waals surface area (Å²) in [5, 5.41) is 0. The lowest BCUT2D eigenvalue weighted by Gasteiger charge is -1.97. The van der Waals surface area contributed by atoms with Crippen LogP contribution in [0, 0.1) is 13.8 Å². The van der Waals surface area contributed by atoms with Crippen molar-refractivity contribution in [3.8, 4) is 20.9 Å². The fourth-order valence-electron chi connectivity index (χ4n) is 3.01. The van der Waals surface area contributed by atoms with Crippen LogP contribution in [0.5, 0.6) is 0 Å². The molecule has 4 aromatic rings. The number of allylic oxidation sites excluding steroid dienone is 2. The van der Waals surface area contributed by atoms with Gasteiger partial charge in [-0.15, -0.1) is 22.7 Å². The number of rotatable bonds is 6. The van der Waals surface area contributed by atoms with E-state index >= 15 is 0 Å². The quantitative estimate of drug-likeness (QED) is 0.285. The molecule has 148 valence electrons. The Kier molecular flexibility index (Phi) is 6.22. The molecule has 0 saturated carbocycles. The molecule has 0 saturated heterocycles. The minimum atomic E-state index is -0.00873. The summed E-state index contributed by atoms with van der Waals surface area (Å²) >= 11 is 3.38.